The van der Waals surface area contributed by atoms with Crippen LogP contribution in [-0.4, -0.2) is 21.6 Å². The Morgan fingerprint density at radius 3 is 2.65 bits per heavy atom. The van der Waals surface area contributed by atoms with Crippen molar-refractivity contribution in [2.45, 2.75) is 19.8 Å². The van der Waals surface area contributed by atoms with Gasteiger partial charge in [-0.05, 0) is 24.3 Å². The molecule has 0 bridgehead atoms. The summed E-state index contributed by atoms with van der Waals surface area (Å²) in [6.45, 7) is 4.26. The highest BCUT2D eigenvalue weighted by molar-refractivity contribution is 5.75. The molecule has 0 unspecified atom stereocenters. The number of fused-ring (bicyclic) bond motifs is 1. The fraction of sp³-hybridized carbons (Fsp3) is 0.250. The maximum Gasteiger partial charge on any atom is 0.164 e. The van der Waals surface area contributed by atoms with Crippen LogP contribution in [0.2, 0.25) is 0 Å². The Balaban J connectivity index is 2.36. The third-order valence-electron chi connectivity index (χ3n) is 3.28. The molecule has 0 aliphatic heterocycles. The smallest absolute Gasteiger partial charge is 0.164 e. The third-order valence-corrected chi connectivity index (χ3v) is 3.28. The molecule has 102 valence electrons. The normalized spacial score (nSPS) is 11.2. The van der Waals surface area contributed by atoms with E-state index in [1.54, 1.807) is 13.3 Å². The molecule has 3 aromatic rings. The second-order valence-electron chi connectivity index (χ2n) is 4.98. The number of pyridine rings is 1. The molecule has 4 nitrogen and oxygen atoms in total. The predicted octanol–water partition coefficient (Wildman–Crippen LogP) is 3.55. The number of hydrogen-bond acceptors (Lipinski definition) is 3. The highest BCUT2D eigenvalue weighted by Gasteiger charge is 2.18. The van der Waals surface area contributed by atoms with Gasteiger partial charge in [0, 0.05) is 12.1 Å². The summed E-state index contributed by atoms with van der Waals surface area (Å²) in [6, 6.07) is 11.8. The van der Waals surface area contributed by atoms with Gasteiger partial charge in [0.25, 0.3) is 0 Å². The SMILES string of the molecule is COc1ccccc1-n1c(C(C)C)nc2cccnc21. The van der Waals surface area contributed by atoms with Gasteiger partial charge in [-0.25, -0.2) is 9.97 Å². The van der Waals surface area contributed by atoms with Crippen LogP contribution in [0.4, 0.5) is 0 Å². The zero-order chi connectivity index (χ0) is 14.1. The molecule has 0 N–H and O–H groups in total. The van der Waals surface area contributed by atoms with Crippen LogP contribution in [0.1, 0.15) is 25.6 Å². The largest absolute Gasteiger partial charge is 0.495 e. The van der Waals surface area contributed by atoms with Gasteiger partial charge in [0.15, 0.2) is 5.65 Å². The summed E-state index contributed by atoms with van der Waals surface area (Å²) in [4.78, 5) is 9.19. The van der Waals surface area contributed by atoms with Gasteiger partial charge in [0.2, 0.25) is 0 Å². The molecule has 2 aromatic heterocycles. The van der Waals surface area contributed by atoms with Gasteiger partial charge < -0.3 is 4.74 Å². The lowest BCUT2D eigenvalue weighted by molar-refractivity contribution is 0.412. The molecular formula is C16H17N3O. The molecule has 0 atom stereocenters. The fourth-order valence-corrected chi connectivity index (χ4v) is 2.37. The molecular weight excluding hydrogens is 250 g/mol. The van der Waals surface area contributed by atoms with Crippen LogP contribution in [0.3, 0.4) is 0 Å². The molecule has 3 rings (SSSR count). The van der Waals surface area contributed by atoms with Crippen LogP contribution in [0.15, 0.2) is 42.6 Å². The standard InChI is InChI=1S/C16H17N3O/c1-11(2)15-18-12-7-6-10-17-16(12)19(15)13-8-4-5-9-14(13)20-3/h4-11H,1-3H3. The van der Waals surface area contributed by atoms with E-state index in [9.17, 15) is 0 Å². The Kier molecular flexibility index (Phi) is 3.14. The van der Waals surface area contributed by atoms with E-state index < -0.39 is 0 Å². The van der Waals surface area contributed by atoms with Crippen molar-refractivity contribution in [2.75, 3.05) is 7.11 Å². The van der Waals surface area contributed by atoms with Gasteiger partial charge in [0.05, 0.1) is 12.8 Å². The number of benzene rings is 1. The molecule has 0 radical (unpaired) electrons. The summed E-state index contributed by atoms with van der Waals surface area (Å²) < 4.78 is 7.56. The summed E-state index contributed by atoms with van der Waals surface area (Å²) in [5, 5.41) is 0. The minimum Gasteiger partial charge on any atom is -0.495 e. The Hall–Kier alpha value is -2.36. The van der Waals surface area contributed by atoms with Crippen molar-refractivity contribution in [3.05, 3.63) is 48.4 Å². The zero-order valence-electron chi connectivity index (χ0n) is 11.9. The topological polar surface area (TPSA) is 39.9 Å². The first-order valence-corrected chi connectivity index (χ1v) is 6.69. The highest BCUT2D eigenvalue weighted by atomic mass is 16.5. The molecule has 1 aromatic carbocycles. The Labute approximate surface area is 118 Å². The summed E-state index contributed by atoms with van der Waals surface area (Å²) in [7, 11) is 1.68. The van der Waals surface area contributed by atoms with E-state index in [1.807, 2.05) is 36.4 Å². The second kappa shape index (κ2) is 4.96. The first-order valence-electron chi connectivity index (χ1n) is 6.69. The highest BCUT2D eigenvalue weighted by Crippen LogP contribution is 2.29. The Morgan fingerprint density at radius 2 is 1.90 bits per heavy atom. The fourth-order valence-electron chi connectivity index (χ4n) is 2.37. The summed E-state index contributed by atoms with van der Waals surface area (Å²) in [6.07, 6.45) is 1.79. The molecule has 0 aliphatic rings. The van der Waals surface area contributed by atoms with Crippen LogP contribution in [0.5, 0.6) is 5.75 Å². The number of para-hydroxylation sites is 2. The van der Waals surface area contributed by atoms with E-state index in [4.69, 9.17) is 9.72 Å². The first kappa shape index (κ1) is 12.7. The number of imidazole rings is 1. The summed E-state index contributed by atoms with van der Waals surface area (Å²) >= 11 is 0. The van der Waals surface area contributed by atoms with Crippen molar-refractivity contribution in [1.82, 2.24) is 14.5 Å². The van der Waals surface area contributed by atoms with Crippen molar-refractivity contribution in [1.29, 1.82) is 0 Å². The van der Waals surface area contributed by atoms with Gasteiger partial charge in [0.1, 0.15) is 17.1 Å². The lowest BCUT2D eigenvalue weighted by Gasteiger charge is -2.14. The van der Waals surface area contributed by atoms with Gasteiger partial charge in [-0.15, -0.1) is 0 Å². The van der Waals surface area contributed by atoms with Gasteiger partial charge in [-0.1, -0.05) is 26.0 Å². The molecule has 0 fully saturated rings. The van der Waals surface area contributed by atoms with Crippen LogP contribution in [-0.2, 0) is 0 Å². The van der Waals surface area contributed by atoms with E-state index >= 15 is 0 Å². The molecule has 0 saturated carbocycles. The number of rotatable bonds is 3. The minimum atomic E-state index is 0.300. The number of nitrogens with zero attached hydrogens (tertiary/aromatic N) is 3. The van der Waals surface area contributed by atoms with E-state index in [1.165, 1.54) is 0 Å². The number of ether oxygens (including phenoxy) is 1. The molecule has 0 amide bonds. The van der Waals surface area contributed by atoms with E-state index in [2.05, 4.69) is 23.4 Å². The summed E-state index contributed by atoms with van der Waals surface area (Å²) in [5.41, 5.74) is 2.74. The second-order valence-corrected chi connectivity index (χ2v) is 4.98. The quantitative estimate of drug-likeness (QED) is 0.728. The number of methoxy groups -OCH3 is 1. The molecule has 0 aliphatic carbocycles. The van der Waals surface area contributed by atoms with Gasteiger partial charge in [-0.3, -0.25) is 4.57 Å². The maximum absolute atomic E-state index is 5.48. The Morgan fingerprint density at radius 1 is 1.10 bits per heavy atom. The number of hydrogen-bond donors (Lipinski definition) is 0. The van der Waals surface area contributed by atoms with Crippen molar-refractivity contribution in [3.8, 4) is 11.4 Å². The van der Waals surface area contributed by atoms with Crippen LogP contribution >= 0.6 is 0 Å². The zero-order valence-corrected chi connectivity index (χ0v) is 11.9. The summed E-state index contributed by atoms with van der Waals surface area (Å²) in [5.74, 6) is 2.11. The van der Waals surface area contributed by atoms with Crippen LogP contribution in [0, 0.1) is 0 Å². The van der Waals surface area contributed by atoms with Gasteiger partial charge >= 0.3 is 0 Å². The molecule has 0 spiro atoms. The molecule has 0 saturated heterocycles. The minimum absolute atomic E-state index is 0.300. The van der Waals surface area contributed by atoms with E-state index in [0.717, 1.165) is 28.4 Å². The van der Waals surface area contributed by atoms with Gasteiger partial charge in [-0.2, -0.15) is 0 Å². The molecule has 4 heteroatoms. The van der Waals surface area contributed by atoms with Crippen molar-refractivity contribution < 1.29 is 4.74 Å². The molecule has 20 heavy (non-hydrogen) atoms. The van der Waals surface area contributed by atoms with Crippen LogP contribution < -0.4 is 4.74 Å². The van der Waals surface area contributed by atoms with Crippen molar-refractivity contribution in [2.24, 2.45) is 0 Å². The Bertz CT molecular complexity index is 746. The molecule has 2 heterocycles. The third kappa shape index (κ3) is 1.93. The first-order chi connectivity index (χ1) is 9.72. The average Bonchev–Trinajstić information content (AvgIpc) is 2.86. The van der Waals surface area contributed by atoms with Crippen LogP contribution in [0.25, 0.3) is 16.9 Å². The maximum atomic E-state index is 5.48. The van der Waals surface area contributed by atoms with E-state index in [0.29, 0.717) is 5.92 Å². The van der Waals surface area contributed by atoms with Crippen molar-refractivity contribution in [3.63, 3.8) is 0 Å². The lowest BCUT2D eigenvalue weighted by Crippen LogP contribution is -2.05. The average molecular weight is 267 g/mol. The number of aromatic nitrogens is 3. The van der Waals surface area contributed by atoms with E-state index in [-0.39, 0.29) is 0 Å². The predicted molar refractivity (Wildman–Crippen MR) is 79.5 cm³/mol. The lowest BCUT2D eigenvalue weighted by atomic mass is 10.2. The van der Waals surface area contributed by atoms with Crippen molar-refractivity contribution >= 4 is 11.2 Å². The monoisotopic (exact) mass is 267 g/mol.